The molecule has 0 radical (unpaired) electrons. The first-order valence-electron chi connectivity index (χ1n) is 5.05. The maximum atomic E-state index is 11.6. The van der Waals surface area contributed by atoms with Crippen LogP contribution in [0.15, 0.2) is 4.34 Å². The molecule has 1 aliphatic rings. The molecule has 1 aromatic rings. The van der Waals surface area contributed by atoms with Gasteiger partial charge in [0, 0.05) is 5.92 Å². The van der Waals surface area contributed by atoms with Crippen molar-refractivity contribution in [2.75, 3.05) is 11.1 Å². The second kappa shape index (κ2) is 5.01. The number of nitrogens with one attached hydrogen (secondary N) is 1. The minimum atomic E-state index is -0.900. The molecule has 1 amide bonds. The fourth-order valence-electron chi connectivity index (χ4n) is 1.33. The summed E-state index contributed by atoms with van der Waals surface area (Å²) in [4.78, 5) is 21.9. The third kappa shape index (κ3) is 3.40. The van der Waals surface area contributed by atoms with E-state index >= 15 is 0 Å². The third-order valence-electron chi connectivity index (χ3n) is 2.40. The van der Waals surface area contributed by atoms with Crippen LogP contribution in [0.5, 0.6) is 0 Å². The predicted molar refractivity (Wildman–Crippen MR) is 64.2 cm³/mol. The molecule has 2 atom stereocenters. The molecule has 0 bridgehead atoms. The number of amides is 1. The van der Waals surface area contributed by atoms with E-state index in [1.54, 1.807) is 0 Å². The molecule has 1 fully saturated rings. The molecular weight excluding hydrogens is 262 g/mol. The monoisotopic (exact) mass is 273 g/mol. The van der Waals surface area contributed by atoms with Crippen molar-refractivity contribution in [3.05, 3.63) is 0 Å². The lowest BCUT2D eigenvalue weighted by Crippen LogP contribution is -2.14. The summed E-state index contributed by atoms with van der Waals surface area (Å²) in [6, 6.07) is 0. The first-order valence-corrected chi connectivity index (χ1v) is 6.85. The van der Waals surface area contributed by atoms with E-state index < -0.39 is 5.97 Å². The molecule has 92 valence electrons. The minimum absolute atomic E-state index is 0.0246. The van der Waals surface area contributed by atoms with E-state index in [-0.39, 0.29) is 17.6 Å². The van der Waals surface area contributed by atoms with Gasteiger partial charge in [0.15, 0.2) is 4.34 Å². The molecule has 6 nitrogen and oxygen atoms in total. The topological polar surface area (TPSA) is 92.2 Å². The highest BCUT2D eigenvalue weighted by Crippen LogP contribution is 2.38. The Morgan fingerprint density at radius 3 is 2.88 bits per heavy atom. The van der Waals surface area contributed by atoms with E-state index in [1.807, 2.05) is 6.92 Å². The van der Waals surface area contributed by atoms with Gasteiger partial charge in [-0.05, 0) is 12.3 Å². The van der Waals surface area contributed by atoms with Crippen LogP contribution in [0.3, 0.4) is 0 Å². The molecule has 1 saturated carbocycles. The van der Waals surface area contributed by atoms with E-state index in [1.165, 1.54) is 11.3 Å². The van der Waals surface area contributed by atoms with Crippen LogP contribution in [-0.4, -0.2) is 32.9 Å². The Hall–Kier alpha value is -1.15. The number of nitrogens with zero attached hydrogens (tertiary/aromatic N) is 2. The van der Waals surface area contributed by atoms with E-state index in [4.69, 9.17) is 5.11 Å². The number of carbonyl (C=O) groups excluding carboxylic acids is 1. The van der Waals surface area contributed by atoms with Gasteiger partial charge in [-0.1, -0.05) is 30.0 Å². The lowest BCUT2D eigenvalue weighted by Gasteiger charge is -1.97. The molecule has 2 unspecified atom stereocenters. The second-order valence-electron chi connectivity index (χ2n) is 3.86. The highest BCUT2D eigenvalue weighted by Gasteiger charge is 2.39. The summed E-state index contributed by atoms with van der Waals surface area (Å²) < 4.78 is 0.548. The fraction of sp³-hybridized carbons (Fsp3) is 0.556. The lowest BCUT2D eigenvalue weighted by atomic mass is 10.3. The number of hydrogen-bond acceptors (Lipinski definition) is 6. The van der Waals surface area contributed by atoms with Gasteiger partial charge in [-0.2, -0.15) is 0 Å². The molecule has 0 aromatic carbocycles. The summed E-state index contributed by atoms with van der Waals surface area (Å²) in [5.41, 5.74) is 0. The first-order chi connectivity index (χ1) is 8.06. The van der Waals surface area contributed by atoms with E-state index in [2.05, 4.69) is 15.5 Å². The molecule has 1 aromatic heterocycles. The van der Waals surface area contributed by atoms with E-state index in [9.17, 15) is 9.59 Å². The van der Waals surface area contributed by atoms with Crippen LogP contribution in [0.2, 0.25) is 0 Å². The van der Waals surface area contributed by atoms with Crippen LogP contribution in [0.25, 0.3) is 0 Å². The maximum absolute atomic E-state index is 11.6. The first kappa shape index (κ1) is 12.3. The zero-order chi connectivity index (χ0) is 12.4. The molecule has 0 spiro atoms. The van der Waals surface area contributed by atoms with Gasteiger partial charge in [0.05, 0.1) is 5.75 Å². The number of aliphatic carboxylic acids is 1. The van der Waals surface area contributed by atoms with Gasteiger partial charge in [-0.15, -0.1) is 10.2 Å². The number of carboxylic acids is 1. The Labute approximate surface area is 106 Å². The minimum Gasteiger partial charge on any atom is -0.481 e. The molecule has 17 heavy (non-hydrogen) atoms. The Morgan fingerprint density at radius 1 is 1.59 bits per heavy atom. The lowest BCUT2D eigenvalue weighted by molar-refractivity contribution is -0.133. The van der Waals surface area contributed by atoms with Crippen molar-refractivity contribution in [2.24, 2.45) is 11.8 Å². The van der Waals surface area contributed by atoms with E-state index in [0.29, 0.717) is 15.4 Å². The van der Waals surface area contributed by atoms with Gasteiger partial charge in [0.1, 0.15) is 0 Å². The average molecular weight is 273 g/mol. The Balaban J connectivity index is 1.85. The highest BCUT2D eigenvalue weighted by atomic mass is 32.2. The molecule has 1 heterocycles. The molecule has 0 aliphatic heterocycles. The smallest absolute Gasteiger partial charge is 0.313 e. The van der Waals surface area contributed by atoms with Gasteiger partial charge < -0.3 is 10.4 Å². The van der Waals surface area contributed by atoms with Crippen molar-refractivity contribution >= 4 is 40.1 Å². The summed E-state index contributed by atoms with van der Waals surface area (Å²) in [6.45, 7) is 2.03. The number of carbonyl (C=O) groups is 2. The molecule has 8 heteroatoms. The van der Waals surface area contributed by atoms with Crippen molar-refractivity contribution in [3.8, 4) is 0 Å². The summed E-state index contributed by atoms with van der Waals surface area (Å²) in [6.07, 6.45) is 0.922. The van der Waals surface area contributed by atoms with Gasteiger partial charge >= 0.3 is 5.97 Å². The average Bonchev–Trinajstić information content (AvgIpc) is 2.83. The van der Waals surface area contributed by atoms with Gasteiger partial charge in [-0.25, -0.2) is 0 Å². The Bertz CT molecular complexity index is 448. The molecular formula is C9H11N3O3S2. The van der Waals surface area contributed by atoms with Crippen LogP contribution in [0, 0.1) is 11.8 Å². The van der Waals surface area contributed by atoms with Crippen LogP contribution in [0.4, 0.5) is 5.13 Å². The Kier molecular flexibility index (Phi) is 3.63. The number of carboxylic acid groups (broad SMARTS) is 1. The summed E-state index contributed by atoms with van der Waals surface area (Å²) >= 11 is 2.29. The number of thioether (sulfide) groups is 1. The van der Waals surface area contributed by atoms with Gasteiger partial charge in [0.25, 0.3) is 0 Å². The van der Waals surface area contributed by atoms with Crippen molar-refractivity contribution in [1.29, 1.82) is 0 Å². The van der Waals surface area contributed by atoms with Crippen molar-refractivity contribution < 1.29 is 14.7 Å². The maximum Gasteiger partial charge on any atom is 0.313 e. The molecule has 1 aliphatic carbocycles. The Morgan fingerprint density at radius 2 is 2.29 bits per heavy atom. The van der Waals surface area contributed by atoms with Crippen LogP contribution >= 0.6 is 23.1 Å². The fourth-order valence-corrected chi connectivity index (χ4v) is 2.80. The highest BCUT2D eigenvalue weighted by molar-refractivity contribution is 8.01. The molecule has 0 saturated heterocycles. The molecule has 2 N–H and O–H groups in total. The summed E-state index contributed by atoms with van der Waals surface area (Å²) in [5.74, 6) is -0.439. The zero-order valence-electron chi connectivity index (χ0n) is 9.04. The SMILES string of the molecule is CC1CC1C(=O)Nc1nnc(SCC(=O)O)s1. The normalized spacial score (nSPS) is 22.2. The summed E-state index contributed by atoms with van der Waals surface area (Å²) in [5, 5.41) is 19.2. The van der Waals surface area contributed by atoms with Gasteiger partial charge in [0.2, 0.25) is 11.0 Å². The van der Waals surface area contributed by atoms with Crippen LogP contribution in [-0.2, 0) is 9.59 Å². The molecule has 2 rings (SSSR count). The predicted octanol–water partition coefficient (Wildman–Crippen LogP) is 1.31. The quantitative estimate of drug-likeness (QED) is 0.620. The third-order valence-corrected chi connectivity index (χ3v) is 4.36. The number of aromatic nitrogens is 2. The van der Waals surface area contributed by atoms with Crippen molar-refractivity contribution in [2.45, 2.75) is 17.7 Å². The van der Waals surface area contributed by atoms with Crippen molar-refractivity contribution in [1.82, 2.24) is 10.2 Å². The van der Waals surface area contributed by atoms with Crippen LogP contribution in [0.1, 0.15) is 13.3 Å². The number of anilines is 1. The largest absolute Gasteiger partial charge is 0.481 e. The zero-order valence-corrected chi connectivity index (χ0v) is 10.7. The summed E-state index contributed by atoms with van der Waals surface area (Å²) in [7, 11) is 0. The van der Waals surface area contributed by atoms with E-state index in [0.717, 1.165) is 18.2 Å². The van der Waals surface area contributed by atoms with Gasteiger partial charge in [-0.3, -0.25) is 9.59 Å². The van der Waals surface area contributed by atoms with Crippen molar-refractivity contribution in [3.63, 3.8) is 0 Å². The number of hydrogen-bond donors (Lipinski definition) is 2. The van der Waals surface area contributed by atoms with Crippen LogP contribution < -0.4 is 5.32 Å². The number of rotatable bonds is 5. The standard InChI is InChI=1S/C9H11N3O3S2/c1-4-2-5(4)7(15)10-8-11-12-9(17-8)16-3-6(13)14/h4-5H,2-3H2,1H3,(H,13,14)(H,10,11,15). The second-order valence-corrected chi connectivity index (χ2v) is 6.06.